The van der Waals surface area contributed by atoms with Crippen LogP contribution in [0.15, 0.2) is 78.4 Å². The predicted octanol–water partition coefficient (Wildman–Crippen LogP) is 5.80. The summed E-state index contributed by atoms with van der Waals surface area (Å²) in [6.45, 7) is 4.15. The fourth-order valence-corrected chi connectivity index (χ4v) is 3.98. The molecule has 1 fully saturated rings. The predicted molar refractivity (Wildman–Crippen MR) is 125 cm³/mol. The standard InChI is InChI=1S/C26H22ClNO4/c1-15(2)16-5-11-20(12-6-16)28-23(17-7-13-21(29)14-8-17)22(25(31)26(28)32)24(30)18-3-9-19(27)10-4-18/h3-15,23,29-30H,1-2H3/b24-22+. The Labute approximate surface area is 191 Å². The quantitative estimate of drug-likeness (QED) is 0.301. The summed E-state index contributed by atoms with van der Waals surface area (Å²) >= 11 is 5.95. The maximum Gasteiger partial charge on any atom is 0.300 e. The van der Waals surface area contributed by atoms with Gasteiger partial charge in [0.15, 0.2) is 0 Å². The minimum Gasteiger partial charge on any atom is -0.508 e. The molecule has 0 aliphatic carbocycles. The second-order valence-corrected chi connectivity index (χ2v) is 8.45. The molecule has 0 spiro atoms. The zero-order chi connectivity index (χ0) is 23.0. The highest BCUT2D eigenvalue weighted by Gasteiger charge is 2.46. The molecule has 1 aliphatic heterocycles. The Kier molecular flexibility index (Phi) is 5.76. The largest absolute Gasteiger partial charge is 0.508 e. The van der Waals surface area contributed by atoms with Gasteiger partial charge in [-0.2, -0.15) is 0 Å². The van der Waals surface area contributed by atoms with Gasteiger partial charge in [-0.1, -0.05) is 49.7 Å². The summed E-state index contributed by atoms with van der Waals surface area (Å²) in [7, 11) is 0. The summed E-state index contributed by atoms with van der Waals surface area (Å²) in [6.07, 6.45) is 0. The molecule has 3 aromatic rings. The summed E-state index contributed by atoms with van der Waals surface area (Å²) in [6, 6.07) is 19.2. The Hall–Kier alpha value is -3.57. The van der Waals surface area contributed by atoms with Gasteiger partial charge in [0, 0.05) is 16.3 Å². The van der Waals surface area contributed by atoms with Crippen molar-refractivity contribution in [1.29, 1.82) is 0 Å². The van der Waals surface area contributed by atoms with Crippen LogP contribution in [0.1, 0.15) is 42.5 Å². The van der Waals surface area contributed by atoms with E-state index < -0.39 is 17.7 Å². The number of hydrogen-bond acceptors (Lipinski definition) is 4. The van der Waals surface area contributed by atoms with Crippen LogP contribution in [0.5, 0.6) is 5.75 Å². The molecular formula is C26H22ClNO4. The highest BCUT2D eigenvalue weighted by molar-refractivity contribution is 6.51. The van der Waals surface area contributed by atoms with Gasteiger partial charge < -0.3 is 10.2 Å². The van der Waals surface area contributed by atoms with Crippen molar-refractivity contribution in [2.45, 2.75) is 25.8 Å². The molecule has 6 heteroatoms. The van der Waals surface area contributed by atoms with Crippen LogP contribution < -0.4 is 4.90 Å². The molecule has 1 saturated heterocycles. The third kappa shape index (κ3) is 3.87. The fraction of sp³-hybridized carbons (Fsp3) is 0.154. The lowest BCUT2D eigenvalue weighted by Crippen LogP contribution is -2.29. The molecule has 2 N–H and O–H groups in total. The molecule has 1 unspecified atom stereocenters. The summed E-state index contributed by atoms with van der Waals surface area (Å²) in [5.41, 5.74) is 2.60. The Bertz CT molecular complexity index is 1200. The third-order valence-electron chi connectivity index (χ3n) is 5.61. The first kappa shape index (κ1) is 21.7. The van der Waals surface area contributed by atoms with Gasteiger partial charge >= 0.3 is 0 Å². The number of aromatic hydroxyl groups is 1. The number of halogens is 1. The molecule has 32 heavy (non-hydrogen) atoms. The van der Waals surface area contributed by atoms with Crippen molar-refractivity contribution < 1.29 is 19.8 Å². The SMILES string of the molecule is CC(C)c1ccc(N2C(=O)C(=O)/C(=C(/O)c3ccc(Cl)cc3)C2c2ccc(O)cc2)cc1. The van der Waals surface area contributed by atoms with E-state index in [1.165, 1.54) is 17.0 Å². The van der Waals surface area contributed by atoms with Gasteiger partial charge in [0.2, 0.25) is 0 Å². The normalized spacial score (nSPS) is 17.9. The maximum absolute atomic E-state index is 13.1. The number of nitrogens with zero attached hydrogens (tertiary/aromatic N) is 1. The number of aliphatic hydroxyl groups excluding tert-OH is 1. The van der Waals surface area contributed by atoms with Crippen molar-refractivity contribution in [3.8, 4) is 5.75 Å². The van der Waals surface area contributed by atoms with E-state index in [0.29, 0.717) is 27.8 Å². The molecule has 1 atom stereocenters. The molecule has 3 aromatic carbocycles. The molecule has 1 aliphatic rings. The lowest BCUT2D eigenvalue weighted by atomic mass is 9.95. The van der Waals surface area contributed by atoms with Crippen LogP contribution in [-0.2, 0) is 9.59 Å². The van der Waals surface area contributed by atoms with Gasteiger partial charge in [-0.15, -0.1) is 0 Å². The van der Waals surface area contributed by atoms with Gasteiger partial charge in [0.1, 0.15) is 11.5 Å². The Morgan fingerprint density at radius 3 is 2.06 bits per heavy atom. The molecule has 0 bridgehead atoms. The van der Waals surface area contributed by atoms with Gasteiger partial charge in [-0.3, -0.25) is 14.5 Å². The summed E-state index contributed by atoms with van der Waals surface area (Å²) < 4.78 is 0. The van der Waals surface area contributed by atoms with Crippen LogP contribution >= 0.6 is 11.6 Å². The number of hydrogen-bond donors (Lipinski definition) is 2. The number of anilines is 1. The number of carbonyl (C=O) groups excluding carboxylic acids is 2. The number of amides is 1. The molecule has 1 heterocycles. The zero-order valence-corrected chi connectivity index (χ0v) is 18.4. The lowest BCUT2D eigenvalue weighted by molar-refractivity contribution is -0.132. The average Bonchev–Trinajstić information content (AvgIpc) is 3.05. The highest BCUT2D eigenvalue weighted by atomic mass is 35.5. The van der Waals surface area contributed by atoms with E-state index in [1.54, 1.807) is 48.5 Å². The second kappa shape index (κ2) is 8.52. The number of carbonyl (C=O) groups is 2. The maximum atomic E-state index is 13.1. The average molecular weight is 448 g/mol. The van der Waals surface area contributed by atoms with E-state index >= 15 is 0 Å². The number of rotatable bonds is 4. The smallest absolute Gasteiger partial charge is 0.300 e. The molecular weight excluding hydrogens is 426 g/mol. The molecule has 0 aromatic heterocycles. The van der Waals surface area contributed by atoms with Crippen molar-refractivity contribution >= 4 is 34.7 Å². The molecule has 4 rings (SSSR count). The zero-order valence-electron chi connectivity index (χ0n) is 17.6. The van der Waals surface area contributed by atoms with Gasteiger partial charge in [-0.05, 0) is 65.6 Å². The topological polar surface area (TPSA) is 77.8 Å². The van der Waals surface area contributed by atoms with E-state index in [0.717, 1.165) is 5.56 Å². The van der Waals surface area contributed by atoms with E-state index in [2.05, 4.69) is 13.8 Å². The van der Waals surface area contributed by atoms with Crippen molar-refractivity contribution in [3.05, 3.63) is 100 Å². The van der Waals surface area contributed by atoms with Crippen molar-refractivity contribution in [2.75, 3.05) is 4.90 Å². The number of benzene rings is 3. The van der Waals surface area contributed by atoms with Crippen LogP contribution in [-0.4, -0.2) is 21.9 Å². The monoisotopic (exact) mass is 447 g/mol. The van der Waals surface area contributed by atoms with Crippen LogP contribution in [0.2, 0.25) is 5.02 Å². The lowest BCUT2D eigenvalue weighted by Gasteiger charge is -2.26. The number of phenolic OH excluding ortho intramolecular Hbond substituents is 1. The Morgan fingerprint density at radius 2 is 1.50 bits per heavy atom. The van der Waals surface area contributed by atoms with Crippen LogP contribution in [0.4, 0.5) is 5.69 Å². The van der Waals surface area contributed by atoms with Crippen molar-refractivity contribution in [1.82, 2.24) is 0 Å². The number of Topliss-reactive ketones (excluding diaryl/α,β-unsaturated/α-hetero) is 1. The fourth-order valence-electron chi connectivity index (χ4n) is 3.85. The van der Waals surface area contributed by atoms with Crippen LogP contribution in [0.25, 0.3) is 5.76 Å². The summed E-state index contributed by atoms with van der Waals surface area (Å²) in [5.74, 6) is -1.40. The van der Waals surface area contributed by atoms with E-state index in [1.807, 2.05) is 12.1 Å². The van der Waals surface area contributed by atoms with Crippen molar-refractivity contribution in [3.63, 3.8) is 0 Å². The Morgan fingerprint density at radius 1 is 0.906 bits per heavy atom. The minimum absolute atomic E-state index is 0.0176. The molecule has 5 nitrogen and oxygen atoms in total. The first-order valence-corrected chi connectivity index (χ1v) is 10.6. The second-order valence-electron chi connectivity index (χ2n) is 8.01. The summed E-state index contributed by atoms with van der Waals surface area (Å²) in [4.78, 5) is 27.6. The first-order valence-electron chi connectivity index (χ1n) is 10.2. The van der Waals surface area contributed by atoms with Gasteiger partial charge in [-0.25, -0.2) is 0 Å². The minimum atomic E-state index is -0.851. The van der Waals surface area contributed by atoms with Gasteiger partial charge in [0.05, 0.1) is 11.6 Å². The molecule has 1 amide bonds. The molecule has 0 radical (unpaired) electrons. The third-order valence-corrected chi connectivity index (χ3v) is 5.86. The van der Waals surface area contributed by atoms with Gasteiger partial charge in [0.25, 0.3) is 11.7 Å². The molecule has 0 saturated carbocycles. The van der Waals surface area contributed by atoms with Crippen LogP contribution in [0, 0.1) is 0 Å². The van der Waals surface area contributed by atoms with E-state index in [9.17, 15) is 19.8 Å². The van der Waals surface area contributed by atoms with Crippen molar-refractivity contribution in [2.24, 2.45) is 0 Å². The Balaban J connectivity index is 1.90. The number of aliphatic hydroxyl groups is 1. The van der Waals surface area contributed by atoms with E-state index in [-0.39, 0.29) is 17.1 Å². The number of ketones is 1. The highest BCUT2D eigenvalue weighted by Crippen LogP contribution is 2.42. The number of phenols is 1. The van der Waals surface area contributed by atoms with E-state index in [4.69, 9.17) is 11.6 Å². The molecule has 162 valence electrons. The first-order chi connectivity index (χ1) is 15.3. The van der Waals surface area contributed by atoms with Crippen LogP contribution in [0.3, 0.4) is 0 Å². The summed E-state index contributed by atoms with van der Waals surface area (Å²) in [5, 5.41) is 21.3.